The molecule has 0 spiro atoms. The van der Waals surface area contributed by atoms with Crippen LogP contribution in [0.4, 0.5) is 0 Å². The predicted octanol–water partition coefficient (Wildman–Crippen LogP) is 1.22. The highest BCUT2D eigenvalue weighted by atomic mass is 32.2. The Bertz CT molecular complexity index is 182. The molecule has 0 saturated heterocycles. The summed E-state index contributed by atoms with van der Waals surface area (Å²) in [5.74, 6) is 0.775. The highest BCUT2D eigenvalue weighted by Crippen LogP contribution is 1.99. The number of hydrogen-bond acceptors (Lipinski definition) is 3. The van der Waals surface area contributed by atoms with Gasteiger partial charge < -0.3 is 5.32 Å². The summed E-state index contributed by atoms with van der Waals surface area (Å²) < 4.78 is 0. The van der Waals surface area contributed by atoms with E-state index in [1.54, 1.807) is 11.8 Å². The number of Topliss-reactive ketones (excluding diaryl/α,β-unsaturated/α-hetero) is 1. The minimum absolute atomic E-state index is 0.00358. The van der Waals surface area contributed by atoms with Gasteiger partial charge in [0, 0.05) is 6.04 Å². The third-order valence-electron chi connectivity index (χ3n) is 1.57. The molecular formula is C9H17NO2S. The van der Waals surface area contributed by atoms with Gasteiger partial charge in [-0.05, 0) is 32.3 Å². The fourth-order valence-electron chi connectivity index (χ4n) is 0.919. The van der Waals surface area contributed by atoms with Crippen LogP contribution in [0.3, 0.4) is 0 Å². The second-order valence-corrected chi connectivity index (χ2v) is 4.11. The Morgan fingerprint density at radius 2 is 2.08 bits per heavy atom. The first kappa shape index (κ1) is 12.5. The number of carbonyl (C=O) groups excluding carboxylic acids is 2. The van der Waals surface area contributed by atoms with Gasteiger partial charge in [-0.1, -0.05) is 0 Å². The number of rotatable bonds is 6. The summed E-state index contributed by atoms with van der Waals surface area (Å²) in [6.45, 7) is 3.38. The van der Waals surface area contributed by atoms with Gasteiger partial charge in [0.1, 0.15) is 5.78 Å². The van der Waals surface area contributed by atoms with Crippen molar-refractivity contribution < 1.29 is 9.59 Å². The van der Waals surface area contributed by atoms with Crippen LogP contribution < -0.4 is 5.32 Å². The molecule has 0 radical (unpaired) electrons. The molecule has 13 heavy (non-hydrogen) atoms. The largest absolute Gasteiger partial charge is 0.353 e. The molecule has 0 aliphatic heterocycles. The lowest BCUT2D eigenvalue weighted by Gasteiger charge is -2.12. The van der Waals surface area contributed by atoms with Crippen molar-refractivity contribution in [2.75, 3.05) is 12.0 Å². The van der Waals surface area contributed by atoms with Gasteiger partial charge in [0.2, 0.25) is 5.91 Å². The Morgan fingerprint density at radius 3 is 2.54 bits per heavy atom. The van der Waals surface area contributed by atoms with Gasteiger partial charge in [0.15, 0.2) is 0 Å². The monoisotopic (exact) mass is 203 g/mol. The lowest BCUT2D eigenvalue weighted by atomic mass is 10.2. The van der Waals surface area contributed by atoms with Gasteiger partial charge in [0.25, 0.3) is 0 Å². The lowest BCUT2D eigenvalue weighted by molar-refractivity contribution is -0.127. The van der Waals surface area contributed by atoms with E-state index in [0.29, 0.717) is 0 Å². The first-order chi connectivity index (χ1) is 6.06. The fraction of sp³-hybridized carbons (Fsp3) is 0.778. The highest BCUT2D eigenvalue weighted by molar-refractivity contribution is 7.98. The van der Waals surface area contributed by atoms with Crippen LogP contribution in [0.1, 0.15) is 26.7 Å². The number of thioether (sulfide) groups is 1. The van der Waals surface area contributed by atoms with Crippen LogP contribution in [-0.2, 0) is 9.59 Å². The highest BCUT2D eigenvalue weighted by Gasteiger charge is 2.08. The molecule has 1 atom stereocenters. The standard InChI is InChI=1S/C9H17NO2S/c1-7(4-5-13-3)10-9(12)6-8(2)11/h7H,4-6H2,1-3H3,(H,10,12). The molecule has 76 valence electrons. The molecule has 0 heterocycles. The van der Waals surface area contributed by atoms with Crippen LogP contribution >= 0.6 is 11.8 Å². The maximum absolute atomic E-state index is 11.1. The Kier molecular flexibility index (Phi) is 6.68. The molecule has 0 aromatic heterocycles. The average molecular weight is 203 g/mol. The van der Waals surface area contributed by atoms with Crippen LogP contribution in [0.5, 0.6) is 0 Å². The van der Waals surface area contributed by atoms with E-state index in [4.69, 9.17) is 0 Å². The second-order valence-electron chi connectivity index (χ2n) is 3.13. The van der Waals surface area contributed by atoms with Gasteiger partial charge in [-0.15, -0.1) is 0 Å². The minimum atomic E-state index is -0.166. The maximum atomic E-state index is 11.1. The van der Waals surface area contributed by atoms with Crippen LogP contribution in [0.25, 0.3) is 0 Å². The van der Waals surface area contributed by atoms with Crippen molar-refractivity contribution in [2.24, 2.45) is 0 Å². The number of nitrogens with one attached hydrogen (secondary N) is 1. The maximum Gasteiger partial charge on any atom is 0.227 e. The second kappa shape index (κ2) is 6.95. The third-order valence-corrected chi connectivity index (χ3v) is 2.22. The van der Waals surface area contributed by atoms with E-state index < -0.39 is 0 Å². The summed E-state index contributed by atoms with van der Waals surface area (Å²) in [4.78, 5) is 21.7. The summed E-state index contributed by atoms with van der Waals surface area (Å²) in [5.41, 5.74) is 0. The first-order valence-corrected chi connectivity index (χ1v) is 5.73. The summed E-state index contributed by atoms with van der Waals surface area (Å²) in [6.07, 6.45) is 2.98. The van der Waals surface area contributed by atoms with Crippen molar-refractivity contribution >= 4 is 23.5 Å². The van der Waals surface area contributed by atoms with E-state index in [1.165, 1.54) is 6.92 Å². The van der Waals surface area contributed by atoms with Crippen molar-refractivity contribution in [3.8, 4) is 0 Å². The number of carbonyl (C=O) groups is 2. The molecule has 0 rings (SSSR count). The van der Waals surface area contributed by atoms with E-state index in [2.05, 4.69) is 5.32 Å². The molecular weight excluding hydrogens is 186 g/mol. The van der Waals surface area contributed by atoms with Crippen LogP contribution in [0.2, 0.25) is 0 Å². The lowest BCUT2D eigenvalue weighted by Crippen LogP contribution is -2.33. The third kappa shape index (κ3) is 7.84. The van der Waals surface area contributed by atoms with Crippen LogP contribution in [0, 0.1) is 0 Å². The molecule has 3 nitrogen and oxygen atoms in total. The van der Waals surface area contributed by atoms with Gasteiger partial charge in [0.05, 0.1) is 6.42 Å². The normalized spacial score (nSPS) is 12.2. The smallest absolute Gasteiger partial charge is 0.227 e. The molecule has 4 heteroatoms. The summed E-state index contributed by atoms with van der Waals surface area (Å²) >= 11 is 1.75. The first-order valence-electron chi connectivity index (χ1n) is 4.34. The van der Waals surface area contributed by atoms with Crippen molar-refractivity contribution in [1.82, 2.24) is 5.32 Å². The molecule has 0 saturated carbocycles. The minimum Gasteiger partial charge on any atom is -0.353 e. The van der Waals surface area contributed by atoms with E-state index >= 15 is 0 Å². The number of ketones is 1. The summed E-state index contributed by atoms with van der Waals surface area (Å²) in [7, 11) is 0. The van der Waals surface area contributed by atoms with E-state index in [0.717, 1.165) is 12.2 Å². The number of amides is 1. The van der Waals surface area contributed by atoms with Crippen molar-refractivity contribution in [1.29, 1.82) is 0 Å². The van der Waals surface area contributed by atoms with Crippen molar-refractivity contribution in [3.05, 3.63) is 0 Å². The molecule has 1 amide bonds. The molecule has 0 fully saturated rings. The molecule has 0 aromatic rings. The quantitative estimate of drug-likeness (QED) is 0.660. The van der Waals surface area contributed by atoms with Gasteiger partial charge in [-0.3, -0.25) is 9.59 Å². The zero-order chi connectivity index (χ0) is 10.3. The summed E-state index contributed by atoms with van der Waals surface area (Å²) in [6, 6.07) is 0.166. The predicted molar refractivity (Wildman–Crippen MR) is 55.9 cm³/mol. The molecule has 0 bridgehead atoms. The van der Waals surface area contributed by atoms with E-state index in [-0.39, 0.29) is 24.2 Å². The van der Waals surface area contributed by atoms with Gasteiger partial charge >= 0.3 is 0 Å². The average Bonchev–Trinajstić information content (AvgIpc) is 1.98. The van der Waals surface area contributed by atoms with E-state index in [9.17, 15) is 9.59 Å². The molecule has 0 aliphatic carbocycles. The van der Waals surface area contributed by atoms with Crippen LogP contribution in [-0.4, -0.2) is 29.7 Å². The zero-order valence-corrected chi connectivity index (χ0v) is 9.24. The van der Waals surface area contributed by atoms with Gasteiger partial charge in [-0.25, -0.2) is 0 Å². The number of hydrogen-bond donors (Lipinski definition) is 1. The topological polar surface area (TPSA) is 46.2 Å². The molecule has 0 aliphatic rings. The molecule has 1 N–H and O–H groups in total. The van der Waals surface area contributed by atoms with Crippen molar-refractivity contribution in [3.63, 3.8) is 0 Å². The van der Waals surface area contributed by atoms with E-state index in [1.807, 2.05) is 13.2 Å². The SMILES string of the molecule is CSCCC(C)NC(=O)CC(C)=O. The van der Waals surface area contributed by atoms with Gasteiger partial charge in [-0.2, -0.15) is 11.8 Å². The fourth-order valence-corrected chi connectivity index (χ4v) is 1.51. The van der Waals surface area contributed by atoms with Crippen LogP contribution in [0.15, 0.2) is 0 Å². The Labute approximate surface area is 83.7 Å². The Morgan fingerprint density at radius 1 is 1.46 bits per heavy atom. The molecule has 0 aromatic carbocycles. The Hall–Kier alpha value is -0.510. The zero-order valence-electron chi connectivity index (χ0n) is 8.42. The summed E-state index contributed by atoms with van der Waals surface area (Å²) in [5, 5.41) is 2.77. The molecule has 1 unspecified atom stereocenters. The Balaban J connectivity index is 3.59. The van der Waals surface area contributed by atoms with Crippen molar-refractivity contribution in [2.45, 2.75) is 32.7 Å².